The molecule has 1 heterocycles. The summed E-state index contributed by atoms with van der Waals surface area (Å²) in [4.78, 5) is 11.2. The van der Waals surface area contributed by atoms with E-state index in [9.17, 15) is 9.90 Å². The molecule has 1 aliphatic rings. The molecule has 1 aromatic carbocycles. The SMILES string of the molecule is CC(C(=O)O)[C@@H]1CCN[C@H](c2ccc([Si](C)(C)C)cc2)C1. The molecular formula is C17H27NO2Si. The van der Waals surface area contributed by atoms with Gasteiger partial charge in [-0.15, -0.1) is 0 Å². The van der Waals surface area contributed by atoms with Crippen molar-refractivity contribution < 1.29 is 9.90 Å². The molecule has 3 atom stereocenters. The van der Waals surface area contributed by atoms with Crippen LogP contribution in [-0.4, -0.2) is 25.7 Å². The summed E-state index contributed by atoms with van der Waals surface area (Å²) in [5.74, 6) is -0.656. The van der Waals surface area contributed by atoms with Crippen LogP contribution in [0.3, 0.4) is 0 Å². The van der Waals surface area contributed by atoms with E-state index < -0.39 is 14.0 Å². The molecule has 0 radical (unpaired) electrons. The highest BCUT2D eigenvalue weighted by Gasteiger charge is 2.30. The molecule has 4 heteroatoms. The Bertz CT molecular complexity index is 493. The van der Waals surface area contributed by atoms with Gasteiger partial charge in [-0.3, -0.25) is 4.79 Å². The summed E-state index contributed by atoms with van der Waals surface area (Å²) in [6.45, 7) is 9.80. The molecule has 0 bridgehead atoms. The van der Waals surface area contributed by atoms with Gasteiger partial charge in [-0.1, -0.05) is 56.0 Å². The van der Waals surface area contributed by atoms with Crippen LogP contribution in [0.4, 0.5) is 0 Å². The molecule has 0 saturated carbocycles. The third kappa shape index (κ3) is 3.95. The monoisotopic (exact) mass is 305 g/mol. The molecule has 3 nitrogen and oxygen atoms in total. The highest BCUT2D eigenvalue weighted by molar-refractivity contribution is 6.88. The first-order valence-corrected chi connectivity index (χ1v) is 11.4. The second-order valence-electron chi connectivity index (χ2n) is 7.29. The number of piperidine rings is 1. The van der Waals surface area contributed by atoms with Crippen molar-refractivity contribution >= 4 is 19.2 Å². The van der Waals surface area contributed by atoms with Crippen molar-refractivity contribution in [3.8, 4) is 0 Å². The summed E-state index contributed by atoms with van der Waals surface area (Å²) in [6.07, 6.45) is 1.87. The Balaban J connectivity index is 2.09. The molecule has 0 aromatic heterocycles. The first kappa shape index (κ1) is 16.2. The third-order valence-electron chi connectivity index (χ3n) is 4.72. The van der Waals surface area contributed by atoms with Crippen LogP contribution in [0, 0.1) is 11.8 Å². The van der Waals surface area contributed by atoms with E-state index in [-0.39, 0.29) is 11.8 Å². The van der Waals surface area contributed by atoms with Gasteiger partial charge < -0.3 is 10.4 Å². The third-order valence-corrected chi connectivity index (χ3v) is 6.79. The second kappa shape index (κ2) is 6.32. The smallest absolute Gasteiger partial charge is 0.306 e. The zero-order chi connectivity index (χ0) is 15.6. The van der Waals surface area contributed by atoms with Crippen LogP contribution in [0.2, 0.25) is 19.6 Å². The Hall–Kier alpha value is -1.13. The van der Waals surface area contributed by atoms with Crippen molar-refractivity contribution in [3.63, 3.8) is 0 Å². The van der Waals surface area contributed by atoms with Gasteiger partial charge in [0, 0.05) is 6.04 Å². The fourth-order valence-electron chi connectivity index (χ4n) is 3.07. The molecule has 0 spiro atoms. The van der Waals surface area contributed by atoms with Gasteiger partial charge in [-0.2, -0.15) is 0 Å². The molecule has 0 aliphatic carbocycles. The van der Waals surface area contributed by atoms with Gasteiger partial charge in [-0.25, -0.2) is 0 Å². The summed E-state index contributed by atoms with van der Waals surface area (Å²) >= 11 is 0. The largest absolute Gasteiger partial charge is 0.481 e. The Morgan fingerprint density at radius 3 is 2.43 bits per heavy atom. The fraction of sp³-hybridized carbons (Fsp3) is 0.588. The minimum atomic E-state index is -1.25. The van der Waals surface area contributed by atoms with Gasteiger partial charge in [0.25, 0.3) is 0 Å². The average molecular weight is 305 g/mol. The number of hydrogen-bond donors (Lipinski definition) is 2. The normalized spacial score (nSPS) is 24.6. The second-order valence-corrected chi connectivity index (χ2v) is 12.4. The summed E-state index contributed by atoms with van der Waals surface area (Å²) in [6, 6.07) is 9.25. The number of hydrogen-bond acceptors (Lipinski definition) is 2. The number of aliphatic carboxylic acids is 1. The topological polar surface area (TPSA) is 49.3 Å². The lowest BCUT2D eigenvalue weighted by Crippen LogP contribution is -2.38. The van der Waals surface area contributed by atoms with E-state index >= 15 is 0 Å². The molecule has 116 valence electrons. The lowest BCUT2D eigenvalue weighted by atomic mass is 9.81. The molecule has 1 aliphatic heterocycles. The number of carboxylic acids is 1. The Morgan fingerprint density at radius 2 is 1.90 bits per heavy atom. The zero-order valence-corrected chi connectivity index (χ0v) is 14.5. The molecule has 21 heavy (non-hydrogen) atoms. The maximum atomic E-state index is 11.2. The van der Waals surface area contributed by atoms with E-state index in [1.807, 2.05) is 6.92 Å². The van der Waals surface area contributed by atoms with Gasteiger partial charge in [0.15, 0.2) is 0 Å². The van der Waals surface area contributed by atoms with Crippen molar-refractivity contribution in [1.29, 1.82) is 0 Å². The van der Waals surface area contributed by atoms with Crippen molar-refractivity contribution in [3.05, 3.63) is 29.8 Å². The molecule has 1 aromatic rings. The number of carbonyl (C=O) groups is 1. The number of nitrogens with one attached hydrogen (secondary N) is 1. The minimum Gasteiger partial charge on any atom is -0.481 e. The van der Waals surface area contributed by atoms with E-state index in [2.05, 4.69) is 49.2 Å². The molecule has 0 amide bonds. The van der Waals surface area contributed by atoms with E-state index in [1.54, 1.807) is 0 Å². The molecule has 2 rings (SSSR count). The molecular weight excluding hydrogens is 278 g/mol. The predicted octanol–water partition coefficient (Wildman–Crippen LogP) is 2.99. The van der Waals surface area contributed by atoms with Crippen molar-refractivity contribution in [2.45, 2.75) is 45.4 Å². The van der Waals surface area contributed by atoms with Crippen LogP contribution in [0.5, 0.6) is 0 Å². The summed E-state index contributed by atoms with van der Waals surface area (Å²) in [5, 5.41) is 14.2. The lowest BCUT2D eigenvalue weighted by Gasteiger charge is -2.33. The highest BCUT2D eigenvalue weighted by Crippen LogP contribution is 2.31. The van der Waals surface area contributed by atoms with Crippen LogP contribution in [0.15, 0.2) is 24.3 Å². The van der Waals surface area contributed by atoms with Gasteiger partial charge in [0.05, 0.1) is 14.0 Å². The van der Waals surface area contributed by atoms with Crippen LogP contribution < -0.4 is 10.5 Å². The number of benzene rings is 1. The summed E-state index contributed by atoms with van der Waals surface area (Å²) in [5.41, 5.74) is 1.29. The maximum absolute atomic E-state index is 11.2. The first-order valence-electron chi connectivity index (χ1n) is 7.85. The Labute approximate surface area is 128 Å². The van der Waals surface area contributed by atoms with E-state index in [0.717, 1.165) is 19.4 Å². The van der Waals surface area contributed by atoms with E-state index in [0.29, 0.717) is 6.04 Å². The van der Waals surface area contributed by atoms with Crippen molar-refractivity contribution in [2.75, 3.05) is 6.54 Å². The fourth-order valence-corrected chi connectivity index (χ4v) is 4.24. The minimum absolute atomic E-state index is 0.254. The summed E-state index contributed by atoms with van der Waals surface area (Å²) < 4.78 is 0. The maximum Gasteiger partial charge on any atom is 0.306 e. The van der Waals surface area contributed by atoms with Crippen LogP contribution >= 0.6 is 0 Å². The zero-order valence-electron chi connectivity index (χ0n) is 13.5. The standard InChI is InChI=1S/C17H27NO2Si/c1-12(17(19)20)14-9-10-18-16(11-14)13-5-7-15(8-6-13)21(2,3)4/h5-8,12,14,16,18H,9-11H2,1-4H3,(H,19,20)/t12?,14-,16+/m1/s1. The summed E-state index contributed by atoms with van der Waals surface area (Å²) in [7, 11) is -1.25. The average Bonchev–Trinajstić information content (AvgIpc) is 2.46. The molecule has 1 saturated heterocycles. The molecule has 1 fully saturated rings. The number of rotatable bonds is 4. The molecule has 2 N–H and O–H groups in total. The van der Waals surface area contributed by atoms with Gasteiger partial charge in [0.1, 0.15) is 0 Å². The van der Waals surface area contributed by atoms with Crippen LogP contribution in [0.25, 0.3) is 0 Å². The van der Waals surface area contributed by atoms with Crippen molar-refractivity contribution in [1.82, 2.24) is 5.32 Å². The van der Waals surface area contributed by atoms with Crippen LogP contribution in [0.1, 0.15) is 31.4 Å². The quantitative estimate of drug-likeness (QED) is 0.841. The Kier molecular flexibility index (Phi) is 4.89. The van der Waals surface area contributed by atoms with E-state index in [1.165, 1.54) is 10.8 Å². The first-order chi connectivity index (χ1) is 9.79. The highest BCUT2D eigenvalue weighted by atomic mass is 28.3. The lowest BCUT2D eigenvalue weighted by molar-refractivity contribution is -0.143. The van der Waals surface area contributed by atoms with E-state index in [4.69, 9.17) is 0 Å². The molecule has 1 unspecified atom stereocenters. The van der Waals surface area contributed by atoms with Gasteiger partial charge in [0.2, 0.25) is 0 Å². The van der Waals surface area contributed by atoms with Gasteiger partial charge >= 0.3 is 5.97 Å². The van der Waals surface area contributed by atoms with Crippen LogP contribution in [-0.2, 0) is 4.79 Å². The number of carboxylic acid groups (broad SMARTS) is 1. The predicted molar refractivity (Wildman–Crippen MR) is 89.7 cm³/mol. The van der Waals surface area contributed by atoms with Gasteiger partial charge in [-0.05, 0) is 30.9 Å². The van der Waals surface area contributed by atoms with Crippen molar-refractivity contribution in [2.24, 2.45) is 11.8 Å². The Morgan fingerprint density at radius 1 is 1.29 bits per heavy atom.